The standard InChI is InChI=1S/C14H13ClN2O4S/c1-9-3-5-12(8-14(9)17(18)19)22(20,21)16-13-6-4-11(15)7-10(13)2/h3-8,16H,1-2H3. The third kappa shape index (κ3) is 3.37. The van der Waals surface area contributed by atoms with Gasteiger partial charge in [-0.3, -0.25) is 14.8 Å². The Kier molecular flexibility index (Phi) is 4.39. The summed E-state index contributed by atoms with van der Waals surface area (Å²) in [5.74, 6) is 0. The maximum absolute atomic E-state index is 12.4. The summed E-state index contributed by atoms with van der Waals surface area (Å²) in [7, 11) is -3.92. The third-order valence-electron chi connectivity index (χ3n) is 3.12. The Morgan fingerprint density at radius 1 is 1.09 bits per heavy atom. The third-order valence-corrected chi connectivity index (χ3v) is 4.72. The van der Waals surface area contributed by atoms with Crippen LogP contribution in [0.5, 0.6) is 0 Å². The number of nitro groups is 1. The molecule has 0 aliphatic rings. The van der Waals surface area contributed by atoms with Crippen LogP contribution in [0, 0.1) is 24.0 Å². The summed E-state index contributed by atoms with van der Waals surface area (Å²) in [6.07, 6.45) is 0. The number of anilines is 1. The second-order valence-corrected chi connectivity index (χ2v) is 6.89. The van der Waals surface area contributed by atoms with E-state index in [1.807, 2.05) is 0 Å². The van der Waals surface area contributed by atoms with Crippen LogP contribution in [-0.4, -0.2) is 13.3 Å². The lowest BCUT2D eigenvalue weighted by atomic mass is 10.2. The molecule has 8 heteroatoms. The van der Waals surface area contributed by atoms with Crippen molar-refractivity contribution < 1.29 is 13.3 Å². The Morgan fingerprint density at radius 3 is 2.36 bits per heavy atom. The van der Waals surface area contributed by atoms with Crippen LogP contribution in [0.2, 0.25) is 5.02 Å². The average Bonchev–Trinajstić information content (AvgIpc) is 2.42. The number of nitrogens with zero attached hydrogens (tertiary/aromatic N) is 1. The van der Waals surface area contributed by atoms with Gasteiger partial charge < -0.3 is 0 Å². The molecule has 0 fully saturated rings. The molecule has 0 unspecified atom stereocenters. The number of nitrogens with one attached hydrogen (secondary N) is 1. The average molecular weight is 341 g/mol. The largest absolute Gasteiger partial charge is 0.279 e. The van der Waals surface area contributed by atoms with Crippen molar-refractivity contribution in [3.63, 3.8) is 0 Å². The van der Waals surface area contributed by atoms with Crippen molar-refractivity contribution in [1.29, 1.82) is 0 Å². The molecule has 0 aliphatic carbocycles. The van der Waals surface area contributed by atoms with E-state index in [0.29, 0.717) is 21.8 Å². The number of rotatable bonds is 4. The molecule has 2 aromatic rings. The molecule has 116 valence electrons. The Hall–Kier alpha value is -2.12. The van der Waals surface area contributed by atoms with Gasteiger partial charge in [0, 0.05) is 16.7 Å². The van der Waals surface area contributed by atoms with Crippen LogP contribution in [0.25, 0.3) is 0 Å². The summed E-state index contributed by atoms with van der Waals surface area (Å²) in [6.45, 7) is 3.26. The molecule has 0 aromatic heterocycles. The van der Waals surface area contributed by atoms with E-state index in [1.54, 1.807) is 26.0 Å². The molecule has 2 aromatic carbocycles. The van der Waals surface area contributed by atoms with E-state index < -0.39 is 14.9 Å². The van der Waals surface area contributed by atoms with E-state index in [4.69, 9.17) is 11.6 Å². The van der Waals surface area contributed by atoms with E-state index in [1.165, 1.54) is 18.2 Å². The first-order valence-electron chi connectivity index (χ1n) is 6.25. The predicted molar refractivity (Wildman–Crippen MR) is 84.8 cm³/mol. The molecule has 0 atom stereocenters. The SMILES string of the molecule is Cc1cc(Cl)ccc1NS(=O)(=O)c1ccc(C)c([N+](=O)[O-])c1. The van der Waals surface area contributed by atoms with Crippen LogP contribution in [0.15, 0.2) is 41.3 Å². The lowest BCUT2D eigenvalue weighted by molar-refractivity contribution is -0.385. The van der Waals surface area contributed by atoms with Gasteiger partial charge in [0.25, 0.3) is 15.7 Å². The van der Waals surface area contributed by atoms with Gasteiger partial charge in [0.05, 0.1) is 15.5 Å². The molecule has 0 saturated heterocycles. The first-order chi connectivity index (χ1) is 10.2. The van der Waals surface area contributed by atoms with Gasteiger partial charge >= 0.3 is 0 Å². The van der Waals surface area contributed by atoms with Crippen molar-refractivity contribution in [1.82, 2.24) is 0 Å². The van der Waals surface area contributed by atoms with Gasteiger partial charge in [-0.1, -0.05) is 17.7 Å². The molecule has 0 radical (unpaired) electrons. The Morgan fingerprint density at radius 2 is 1.77 bits per heavy atom. The summed E-state index contributed by atoms with van der Waals surface area (Å²) in [4.78, 5) is 10.1. The van der Waals surface area contributed by atoms with E-state index in [0.717, 1.165) is 6.07 Å². The number of halogens is 1. The second kappa shape index (κ2) is 5.94. The lowest BCUT2D eigenvalue weighted by Crippen LogP contribution is -2.14. The number of aryl methyl sites for hydroxylation is 2. The molecule has 0 spiro atoms. The van der Waals surface area contributed by atoms with Gasteiger partial charge in [0.2, 0.25) is 0 Å². The highest BCUT2D eigenvalue weighted by Crippen LogP contribution is 2.26. The zero-order valence-electron chi connectivity index (χ0n) is 11.8. The molecule has 0 amide bonds. The van der Waals surface area contributed by atoms with E-state index in [2.05, 4.69) is 4.72 Å². The fourth-order valence-electron chi connectivity index (χ4n) is 1.90. The molecule has 2 rings (SSSR count). The Balaban J connectivity index is 2.42. The molecule has 22 heavy (non-hydrogen) atoms. The van der Waals surface area contributed by atoms with Crippen LogP contribution in [-0.2, 0) is 10.0 Å². The van der Waals surface area contributed by atoms with Gasteiger partial charge in [-0.25, -0.2) is 8.42 Å². The van der Waals surface area contributed by atoms with Gasteiger partial charge in [0.15, 0.2) is 0 Å². The first kappa shape index (κ1) is 16.3. The summed E-state index contributed by atoms with van der Waals surface area (Å²) < 4.78 is 27.1. The number of benzene rings is 2. The fourth-order valence-corrected chi connectivity index (χ4v) is 3.28. The van der Waals surface area contributed by atoms with Crippen LogP contribution in [0.4, 0.5) is 11.4 Å². The van der Waals surface area contributed by atoms with E-state index in [-0.39, 0.29) is 10.6 Å². The molecule has 0 saturated carbocycles. The second-order valence-electron chi connectivity index (χ2n) is 4.77. The molecule has 1 N–H and O–H groups in total. The number of hydrogen-bond acceptors (Lipinski definition) is 4. The fraction of sp³-hybridized carbons (Fsp3) is 0.143. The maximum atomic E-state index is 12.4. The topological polar surface area (TPSA) is 89.3 Å². The molecular formula is C14H13ClN2O4S. The van der Waals surface area contributed by atoms with Crippen LogP contribution < -0.4 is 4.72 Å². The van der Waals surface area contributed by atoms with Gasteiger partial charge in [0.1, 0.15) is 0 Å². The highest BCUT2D eigenvalue weighted by Gasteiger charge is 2.20. The summed E-state index contributed by atoms with van der Waals surface area (Å²) in [5.41, 5.74) is 1.17. The minimum atomic E-state index is -3.92. The molecule has 6 nitrogen and oxygen atoms in total. The lowest BCUT2D eigenvalue weighted by Gasteiger charge is -2.11. The molecule has 0 bridgehead atoms. The van der Waals surface area contributed by atoms with Crippen molar-refractivity contribution in [2.24, 2.45) is 0 Å². The smallest absolute Gasteiger partial charge is 0.273 e. The van der Waals surface area contributed by atoms with Gasteiger partial charge in [-0.05, 0) is 43.7 Å². The zero-order chi connectivity index (χ0) is 16.5. The first-order valence-corrected chi connectivity index (χ1v) is 8.11. The maximum Gasteiger partial charge on any atom is 0.273 e. The Labute approximate surface area is 132 Å². The quantitative estimate of drug-likeness (QED) is 0.679. The number of nitro benzene ring substituents is 1. The van der Waals surface area contributed by atoms with E-state index >= 15 is 0 Å². The summed E-state index contributed by atoms with van der Waals surface area (Å²) in [6, 6.07) is 8.50. The summed E-state index contributed by atoms with van der Waals surface area (Å²) in [5, 5.41) is 11.4. The Bertz CT molecular complexity index is 850. The number of hydrogen-bond donors (Lipinski definition) is 1. The van der Waals surface area contributed by atoms with E-state index in [9.17, 15) is 18.5 Å². The predicted octanol–water partition coefficient (Wildman–Crippen LogP) is 3.67. The molecule has 0 aliphatic heterocycles. The van der Waals surface area contributed by atoms with Crippen molar-refractivity contribution in [2.75, 3.05) is 4.72 Å². The number of sulfonamides is 1. The van der Waals surface area contributed by atoms with Crippen molar-refractivity contribution in [2.45, 2.75) is 18.7 Å². The minimum Gasteiger partial charge on any atom is -0.279 e. The van der Waals surface area contributed by atoms with Crippen molar-refractivity contribution in [3.05, 3.63) is 62.7 Å². The van der Waals surface area contributed by atoms with Crippen LogP contribution >= 0.6 is 11.6 Å². The van der Waals surface area contributed by atoms with Crippen molar-refractivity contribution in [3.8, 4) is 0 Å². The minimum absolute atomic E-state index is 0.167. The summed E-state index contributed by atoms with van der Waals surface area (Å²) >= 11 is 5.83. The highest BCUT2D eigenvalue weighted by molar-refractivity contribution is 7.92. The molecular weight excluding hydrogens is 328 g/mol. The zero-order valence-corrected chi connectivity index (χ0v) is 13.4. The van der Waals surface area contributed by atoms with Crippen LogP contribution in [0.3, 0.4) is 0 Å². The van der Waals surface area contributed by atoms with Crippen LogP contribution in [0.1, 0.15) is 11.1 Å². The normalized spacial score (nSPS) is 11.2. The monoisotopic (exact) mass is 340 g/mol. The van der Waals surface area contributed by atoms with Crippen molar-refractivity contribution >= 4 is 33.0 Å². The van der Waals surface area contributed by atoms with Gasteiger partial charge in [-0.2, -0.15) is 0 Å². The van der Waals surface area contributed by atoms with Gasteiger partial charge in [-0.15, -0.1) is 0 Å². The highest BCUT2D eigenvalue weighted by atomic mass is 35.5. The molecule has 0 heterocycles.